The van der Waals surface area contributed by atoms with E-state index in [4.69, 9.17) is 0 Å². The lowest BCUT2D eigenvalue weighted by Gasteiger charge is -2.13. The number of halogens is 1. The van der Waals surface area contributed by atoms with Crippen LogP contribution in [-0.4, -0.2) is 16.8 Å². The van der Waals surface area contributed by atoms with Crippen molar-refractivity contribution in [2.45, 2.75) is 25.3 Å². The van der Waals surface area contributed by atoms with Gasteiger partial charge in [0.25, 0.3) is 5.91 Å². The zero-order chi connectivity index (χ0) is 10.2. The Morgan fingerprint density at radius 2 is 2.36 bits per heavy atom. The fourth-order valence-electron chi connectivity index (χ4n) is 1.34. The van der Waals surface area contributed by atoms with Crippen LogP contribution in [0.1, 0.15) is 28.8 Å². The molecule has 0 aliphatic heterocycles. The van der Waals surface area contributed by atoms with Crippen LogP contribution in [0.15, 0.2) is 10.8 Å². The molecule has 1 aliphatic carbocycles. The number of hydrogen-bond donors (Lipinski definition) is 1. The Morgan fingerprint density at radius 1 is 1.64 bits per heavy atom. The Balaban J connectivity index is 2.07. The Hall–Kier alpha value is -0.350. The van der Waals surface area contributed by atoms with Crippen molar-refractivity contribution in [2.24, 2.45) is 0 Å². The van der Waals surface area contributed by atoms with Gasteiger partial charge in [0, 0.05) is 10.7 Å². The highest BCUT2D eigenvalue weighted by atomic mass is 79.9. The van der Waals surface area contributed by atoms with Gasteiger partial charge in [-0.05, 0) is 30.7 Å². The van der Waals surface area contributed by atoms with E-state index in [0.29, 0.717) is 0 Å². The fraction of sp³-hybridized carbons (Fsp3) is 0.500. The highest BCUT2D eigenvalue weighted by Gasteiger charge is 2.43. The first-order valence-corrected chi connectivity index (χ1v) is 6.65. The van der Waals surface area contributed by atoms with Gasteiger partial charge in [-0.1, -0.05) is 15.9 Å². The van der Waals surface area contributed by atoms with Gasteiger partial charge in [0.1, 0.15) is 0 Å². The average molecular weight is 274 g/mol. The largest absolute Gasteiger partial charge is 0.346 e. The molecule has 14 heavy (non-hydrogen) atoms. The van der Waals surface area contributed by atoms with Gasteiger partial charge in [0.05, 0.1) is 11.1 Å². The van der Waals surface area contributed by atoms with E-state index in [-0.39, 0.29) is 11.4 Å². The molecular formula is C10H12BrNOS. The number of carbonyl (C=O) groups is 1. The van der Waals surface area contributed by atoms with Crippen LogP contribution >= 0.6 is 27.3 Å². The van der Waals surface area contributed by atoms with E-state index in [1.165, 1.54) is 0 Å². The smallest absolute Gasteiger partial charge is 0.252 e. The molecule has 0 atom stereocenters. The van der Waals surface area contributed by atoms with Gasteiger partial charge in [-0.3, -0.25) is 4.79 Å². The van der Waals surface area contributed by atoms with Crippen LogP contribution in [0.25, 0.3) is 0 Å². The SMILES string of the molecule is Cc1cscc1C(=O)NC1(CBr)CC1. The van der Waals surface area contributed by atoms with Crippen LogP contribution in [0, 0.1) is 6.92 Å². The zero-order valence-corrected chi connectivity index (χ0v) is 10.4. The van der Waals surface area contributed by atoms with Crippen molar-refractivity contribution >= 4 is 33.2 Å². The number of nitrogens with one attached hydrogen (secondary N) is 1. The van der Waals surface area contributed by atoms with Crippen LogP contribution in [-0.2, 0) is 0 Å². The molecule has 0 unspecified atom stereocenters. The summed E-state index contributed by atoms with van der Waals surface area (Å²) in [6.07, 6.45) is 2.18. The average Bonchev–Trinajstić information content (AvgIpc) is 2.80. The zero-order valence-electron chi connectivity index (χ0n) is 7.97. The van der Waals surface area contributed by atoms with Crippen LogP contribution < -0.4 is 5.32 Å². The number of rotatable bonds is 3. The van der Waals surface area contributed by atoms with E-state index >= 15 is 0 Å². The molecule has 0 saturated heterocycles. The summed E-state index contributed by atoms with van der Waals surface area (Å²) in [6.45, 7) is 1.97. The van der Waals surface area contributed by atoms with Gasteiger partial charge >= 0.3 is 0 Å². The standard InChI is InChI=1S/C10H12BrNOS/c1-7-4-14-5-8(7)9(13)12-10(6-11)2-3-10/h4-5H,2-3,6H2,1H3,(H,12,13). The van der Waals surface area contributed by atoms with E-state index in [9.17, 15) is 4.79 Å². The molecule has 0 bridgehead atoms. The Labute approximate surface area is 95.8 Å². The van der Waals surface area contributed by atoms with Gasteiger partial charge in [-0.25, -0.2) is 0 Å². The number of hydrogen-bond acceptors (Lipinski definition) is 2. The number of aryl methyl sites for hydroxylation is 1. The lowest BCUT2D eigenvalue weighted by molar-refractivity contribution is 0.0936. The Bertz CT molecular complexity index is 357. The third-order valence-electron chi connectivity index (χ3n) is 2.59. The molecule has 1 heterocycles. The van der Waals surface area contributed by atoms with E-state index < -0.39 is 0 Å². The molecule has 1 aliphatic rings. The minimum absolute atomic E-state index is 0.0471. The number of carbonyl (C=O) groups excluding carboxylic acids is 1. The summed E-state index contributed by atoms with van der Waals surface area (Å²) in [4.78, 5) is 11.8. The molecule has 0 aromatic carbocycles. The number of alkyl halides is 1. The van der Waals surface area contributed by atoms with Crippen molar-refractivity contribution in [3.63, 3.8) is 0 Å². The van der Waals surface area contributed by atoms with Gasteiger partial charge in [0.15, 0.2) is 0 Å². The molecule has 1 aromatic rings. The monoisotopic (exact) mass is 273 g/mol. The molecule has 0 spiro atoms. The Kier molecular flexibility index (Phi) is 2.66. The topological polar surface area (TPSA) is 29.1 Å². The first kappa shape index (κ1) is 10.2. The van der Waals surface area contributed by atoms with Crippen molar-refractivity contribution in [3.05, 3.63) is 21.9 Å². The molecule has 1 fully saturated rings. The molecule has 4 heteroatoms. The second-order valence-corrected chi connectivity index (χ2v) is 5.14. The predicted molar refractivity (Wildman–Crippen MR) is 62.3 cm³/mol. The lowest BCUT2D eigenvalue weighted by atomic mass is 10.2. The predicted octanol–water partition coefficient (Wildman–Crippen LogP) is 2.71. The van der Waals surface area contributed by atoms with Gasteiger partial charge in [-0.2, -0.15) is 11.3 Å². The van der Waals surface area contributed by atoms with Crippen LogP contribution in [0.4, 0.5) is 0 Å². The maximum atomic E-state index is 11.8. The number of amides is 1. The summed E-state index contributed by atoms with van der Waals surface area (Å²) in [5.74, 6) is 0.0701. The maximum absolute atomic E-state index is 11.8. The summed E-state index contributed by atoms with van der Waals surface area (Å²) in [6, 6.07) is 0. The van der Waals surface area contributed by atoms with Crippen molar-refractivity contribution in [3.8, 4) is 0 Å². The molecule has 76 valence electrons. The quantitative estimate of drug-likeness (QED) is 0.844. The van der Waals surface area contributed by atoms with Gasteiger partial charge < -0.3 is 5.32 Å². The summed E-state index contributed by atoms with van der Waals surface area (Å²) in [5.41, 5.74) is 1.94. The lowest BCUT2D eigenvalue weighted by Crippen LogP contribution is -2.38. The first-order valence-electron chi connectivity index (χ1n) is 4.58. The van der Waals surface area contributed by atoms with Crippen molar-refractivity contribution in [2.75, 3.05) is 5.33 Å². The molecule has 1 aromatic heterocycles. The summed E-state index contributed by atoms with van der Waals surface area (Å²) < 4.78 is 0. The van der Waals surface area contributed by atoms with Crippen LogP contribution in [0.5, 0.6) is 0 Å². The van der Waals surface area contributed by atoms with E-state index in [0.717, 1.165) is 29.3 Å². The highest BCUT2D eigenvalue weighted by Crippen LogP contribution is 2.37. The van der Waals surface area contributed by atoms with E-state index in [2.05, 4.69) is 21.2 Å². The van der Waals surface area contributed by atoms with Crippen molar-refractivity contribution < 1.29 is 4.79 Å². The van der Waals surface area contributed by atoms with E-state index in [1.807, 2.05) is 17.7 Å². The minimum Gasteiger partial charge on any atom is -0.346 e. The summed E-state index contributed by atoms with van der Waals surface area (Å²) >= 11 is 5.01. The molecule has 2 rings (SSSR count). The minimum atomic E-state index is 0.0471. The number of thiophene rings is 1. The van der Waals surface area contributed by atoms with Crippen molar-refractivity contribution in [1.29, 1.82) is 0 Å². The molecular weight excluding hydrogens is 262 g/mol. The second-order valence-electron chi connectivity index (χ2n) is 3.84. The summed E-state index contributed by atoms with van der Waals surface area (Å²) in [7, 11) is 0. The third-order valence-corrected chi connectivity index (χ3v) is 4.52. The first-order chi connectivity index (χ1) is 6.67. The summed E-state index contributed by atoms with van der Waals surface area (Å²) in [5, 5.41) is 7.85. The molecule has 2 nitrogen and oxygen atoms in total. The van der Waals surface area contributed by atoms with Crippen LogP contribution in [0.3, 0.4) is 0 Å². The fourth-order valence-corrected chi connectivity index (χ4v) is 2.87. The molecule has 1 amide bonds. The second kappa shape index (κ2) is 3.66. The van der Waals surface area contributed by atoms with Crippen molar-refractivity contribution in [1.82, 2.24) is 5.32 Å². The normalized spacial score (nSPS) is 17.9. The molecule has 0 radical (unpaired) electrons. The van der Waals surface area contributed by atoms with Crippen LogP contribution in [0.2, 0.25) is 0 Å². The maximum Gasteiger partial charge on any atom is 0.252 e. The van der Waals surface area contributed by atoms with E-state index in [1.54, 1.807) is 11.3 Å². The van der Waals surface area contributed by atoms with Gasteiger partial charge in [0.2, 0.25) is 0 Å². The third kappa shape index (κ3) is 1.86. The molecule has 1 N–H and O–H groups in total. The molecule has 1 saturated carbocycles. The van der Waals surface area contributed by atoms with Gasteiger partial charge in [-0.15, -0.1) is 0 Å². The highest BCUT2D eigenvalue weighted by molar-refractivity contribution is 9.09. The Morgan fingerprint density at radius 3 is 2.79 bits per heavy atom.